The predicted molar refractivity (Wildman–Crippen MR) is 111 cm³/mol. The Bertz CT molecular complexity index is 1340. The van der Waals surface area contributed by atoms with E-state index in [9.17, 15) is 14.9 Å². The first kappa shape index (κ1) is 17.3. The molecule has 0 aliphatic carbocycles. The number of hydrogen-bond donors (Lipinski definition) is 2. The Labute approximate surface area is 160 Å². The van der Waals surface area contributed by atoms with E-state index in [2.05, 4.69) is 10.3 Å². The number of amides is 1. The van der Waals surface area contributed by atoms with Crippen LogP contribution < -0.4 is 10.9 Å². The van der Waals surface area contributed by atoms with Crippen molar-refractivity contribution in [3.63, 3.8) is 0 Å². The zero-order valence-electron chi connectivity index (χ0n) is 14.8. The third kappa shape index (κ3) is 3.27. The van der Waals surface area contributed by atoms with Crippen LogP contribution in [0.5, 0.6) is 0 Å². The Hall–Kier alpha value is -4.17. The first-order valence-electron chi connectivity index (χ1n) is 8.69. The summed E-state index contributed by atoms with van der Waals surface area (Å²) < 4.78 is 0. The van der Waals surface area contributed by atoms with E-state index in [0.717, 1.165) is 16.2 Å². The van der Waals surface area contributed by atoms with Gasteiger partial charge in [0, 0.05) is 22.2 Å². The molecule has 1 amide bonds. The molecule has 0 bridgehead atoms. The number of benzene rings is 3. The van der Waals surface area contributed by atoms with Crippen molar-refractivity contribution in [1.29, 1.82) is 5.26 Å². The van der Waals surface area contributed by atoms with Crippen LogP contribution in [0, 0.1) is 11.3 Å². The highest BCUT2D eigenvalue weighted by Gasteiger charge is 2.12. The van der Waals surface area contributed by atoms with E-state index in [-0.39, 0.29) is 16.7 Å². The minimum absolute atomic E-state index is 0.145. The Balaban J connectivity index is 1.71. The van der Waals surface area contributed by atoms with Crippen molar-refractivity contribution in [2.24, 2.45) is 0 Å². The summed E-state index contributed by atoms with van der Waals surface area (Å²) in [6.07, 6.45) is 1.31. The molecule has 0 aliphatic heterocycles. The van der Waals surface area contributed by atoms with Gasteiger partial charge in [-0.05, 0) is 35.0 Å². The summed E-state index contributed by atoms with van der Waals surface area (Å²) in [6, 6.07) is 24.1. The molecule has 0 unspecified atom stereocenters. The van der Waals surface area contributed by atoms with Crippen LogP contribution in [0.25, 0.3) is 27.8 Å². The lowest BCUT2D eigenvalue weighted by atomic mass is 10.1. The average Bonchev–Trinajstić information content (AvgIpc) is 2.72. The number of nitrogens with one attached hydrogen (secondary N) is 2. The summed E-state index contributed by atoms with van der Waals surface area (Å²) in [5.41, 5.74) is 1.06. The Morgan fingerprint density at radius 2 is 1.68 bits per heavy atom. The van der Waals surface area contributed by atoms with Crippen LogP contribution in [0.3, 0.4) is 0 Å². The van der Waals surface area contributed by atoms with Gasteiger partial charge in [0.2, 0.25) is 0 Å². The van der Waals surface area contributed by atoms with Crippen LogP contribution in [0.4, 0.5) is 5.69 Å². The number of aromatic nitrogens is 1. The predicted octanol–water partition coefficient (Wildman–Crippen LogP) is 4.23. The molecule has 0 aliphatic rings. The summed E-state index contributed by atoms with van der Waals surface area (Å²) in [5.74, 6) is -0.564. The van der Waals surface area contributed by atoms with Gasteiger partial charge in [0.25, 0.3) is 11.5 Å². The van der Waals surface area contributed by atoms with Gasteiger partial charge in [0.15, 0.2) is 0 Å². The highest BCUT2D eigenvalue weighted by Crippen LogP contribution is 2.23. The molecule has 5 nitrogen and oxygen atoms in total. The lowest BCUT2D eigenvalue weighted by molar-refractivity contribution is -0.112. The molecule has 0 atom stereocenters. The maximum atomic E-state index is 12.7. The number of H-pyrrole nitrogens is 1. The first-order valence-corrected chi connectivity index (χ1v) is 8.69. The van der Waals surface area contributed by atoms with Gasteiger partial charge in [-0.1, -0.05) is 54.6 Å². The third-order valence-corrected chi connectivity index (χ3v) is 4.48. The number of nitriles is 1. The van der Waals surface area contributed by atoms with E-state index in [1.165, 1.54) is 6.08 Å². The Morgan fingerprint density at radius 3 is 2.50 bits per heavy atom. The van der Waals surface area contributed by atoms with Crippen LogP contribution in [0.2, 0.25) is 0 Å². The highest BCUT2D eigenvalue weighted by atomic mass is 16.1. The van der Waals surface area contributed by atoms with Crippen LogP contribution in [0.1, 0.15) is 5.56 Å². The van der Waals surface area contributed by atoms with Crippen molar-refractivity contribution in [2.75, 3.05) is 5.32 Å². The molecule has 1 heterocycles. The van der Waals surface area contributed by atoms with Crippen molar-refractivity contribution in [3.8, 4) is 6.07 Å². The van der Waals surface area contributed by atoms with E-state index < -0.39 is 5.91 Å². The molecular weight excluding hydrogens is 350 g/mol. The number of para-hydroxylation sites is 1. The zero-order chi connectivity index (χ0) is 19.5. The molecule has 4 aromatic rings. The monoisotopic (exact) mass is 365 g/mol. The smallest absolute Gasteiger partial charge is 0.266 e. The number of aromatic amines is 1. The quantitative estimate of drug-likeness (QED) is 0.421. The van der Waals surface area contributed by atoms with Crippen LogP contribution in [-0.2, 0) is 4.79 Å². The number of carbonyl (C=O) groups excluding carboxylic acids is 1. The molecular formula is C23H15N3O2. The molecule has 0 fully saturated rings. The standard InChI is InChI=1S/C23H15N3O2/c24-14-18(13-17-12-16-7-2-4-10-20(16)25-22(17)27)23(28)26-21-11-5-8-15-6-1-3-9-19(15)21/h1-13H,(H,25,27)(H,26,28). The van der Waals surface area contributed by atoms with Crippen LogP contribution in [0.15, 0.2) is 83.2 Å². The number of fused-ring (bicyclic) bond motifs is 2. The van der Waals surface area contributed by atoms with Gasteiger partial charge in [0.1, 0.15) is 11.6 Å². The fraction of sp³-hybridized carbons (Fsp3) is 0. The number of pyridine rings is 1. The third-order valence-electron chi connectivity index (χ3n) is 4.48. The molecule has 4 rings (SSSR count). The summed E-state index contributed by atoms with van der Waals surface area (Å²) in [4.78, 5) is 27.7. The number of hydrogen-bond acceptors (Lipinski definition) is 3. The van der Waals surface area contributed by atoms with E-state index in [1.807, 2.05) is 60.7 Å². The van der Waals surface area contributed by atoms with Crippen molar-refractivity contribution in [1.82, 2.24) is 4.98 Å². The van der Waals surface area contributed by atoms with Crippen LogP contribution >= 0.6 is 0 Å². The molecule has 0 saturated heterocycles. The first-order chi connectivity index (χ1) is 13.7. The van der Waals surface area contributed by atoms with Gasteiger partial charge in [-0.2, -0.15) is 5.26 Å². The minimum Gasteiger partial charge on any atom is -0.321 e. The summed E-state index contributed by atoms with van der Waals surface area (Å²) >= 11 is 0. The van der Waals surface area contributed by atoms with Gasteiger partial charge in [0.05, 0.1) is 0 Å². The molecule has 3 aromatic carbocycles. The molecule has 28 heavy (non-hydrogen) atoms. The van der Waals surface area contributed by atoms with E-state index >= 15 is 0 Å². The number of carbonyl (C=O) groups is 1. The maximum absolute atomic E-state index is 12.7. The van der Waals surface area contributed by atoms with Crippen molar-refractivity contribution in [2.45, 2.75) is 0 Å². The van der Waals surface area contributed by atoms with Crippen molar-refractivity contribution in [3.05, 3.63) is 94.3 Å². The molecule has 134 valence electrons. The highest BCUT2D eigenvalue weighted by molar-refractivity contribution is 6.13. The summed E-state index contributed by atoms with van der Waals surface area (Å²) in [6.45, 7) is 0. The fourth-order valence-electron chi connectivity index (χ4n) is 3.10. The van der Waals surface area contributed by atoms with Gasteiger partial charge in [-0.25, -0.2) is 0 Å². The normalized spacial score (nSPS) is 11.3. The average molecular weight is 365 g/mol. The second-order valence-corrected chi connectivity index (χ2v) is 6.29. The summed E-state index contributed by atoms with van der Waals surface area (Å²) in [7, 11) is 0. The summed E-state index contributed by atoms with van der Waals surface area (Å²) in [5, 5.41) is 14.9. The largest absolute Gasteiger partial charge is 0.321 e. The zero-order valence-corrected chi connectivity index (χ0v) is 14.8. The number of rotatable bonds is 3. The lowest BCUT2D eigenvalue weighted by Crippen LogP contribution is -2.15. The minimum atomic E-state index is -0.564. The SMILES string of the molecule is N#CC(=Cc1cc2ccccc2[nH]c1=O)C(=O)Nc1cccc2ccccc12. The van der Waals surface area contributed by atoms with Gasteiger partial charge in [-0.3, -0.25) is 9.59 Å². The number of nitrogens with zero attached hydrogens (tertiary/aromatic N) is 1. The van der Waals surface area contributed by atoms with Crippen LogP contribution in [-0.4, -0.2) is 10.9 Å². The fourth-order valence-corrected chi connectivity index (χ4v) is 3.10. The van der Waals surface area contributed by atoms with Crippen molar-refractivity contribution >= 4 is 39.3 Å². The molecule has 2 N–H and O–H groups in total. The molecule has 5 heteroatoms. The molecule has 0 radical (unpaired) electrons. The topological polar surface area (TPSA) is 85.8 Å². The molecule has 1 aromatic heterocycles. The van der Waals surface area contributed by atoms with E-state index in [4.69, 9.17) is 0 Å². The second-order valence-electron chi connectivity index (χ2n) is 6.29. The molecule has 0 spiro atoms. The van der Waals surface area contributed by atoms with Crippen molar-refractivity contribution < 1.29 is 4.79 Å². The number of anilines is 1. The van der Waals surface area contributed by atoms with E-state index in [1.54, 1.807) is 18.2 Å². The Kier molecular flexibility index (Phi) is 4.45. The van der Waals surface area contributed by atoms with Gasteiger partial charge < -0.3 is 10.3 Å². The molecule has 0 saturated carbocycles. The Morgan fingerprint density at radius 1 is 0.964 bits per heavy atom. The van der Waals surface area contributed by atoms with E-state index in [0.29, 0.717) is 11.2 Å². The second kappa shape index (κ2) is 7.22. The van der Waals surface area contributed by atoms with Gasteiger partial charge in [-0.15, -0.1) is 0 Å². The van der Waals surface area contributed by atoms with Gasteiger partial charge >= 0.3 is 0 Å². The lowest BCUT2D eigenvalue weighted by Gasteiger charge is -2.08. The maximum Gasteiger partial charge on any atom is 0.266 e.